The van der Waals surface area contributed by atoms with Gasteiger partial charge >= 0.3 is 0 Å². The zero-order valence-corrected chi connectivity index (χ0v) is 16.6. The average Bonchev–Trinajstić information content (AvgIpc) is 2.60. The van der Waals surface area contributed by atoms with E-state index in [4.69, 9.17) is 33.2 Å². The maximum absolute atomic E-state index is 13.6. The third-order valence-electron chi connectivity index (χ3n) is 4.33. The summed E-state index contributed by atoms with van der Waals surface area (Å²) in [4.78, 5) is 11.5. The molecule has 10 heteroatoms. The number of carbonyl (C=O) groups is 1. The Hall–Kier alpha value is -2.18. The average molecular weight is 443 g/mol. The van der Waals surface area contributed by atoms with E-state index in [1.54, 1.807) is 6.07 Å². The quantitative estimate of drug-likeness (QED) is 0.640. The number of sulfonamides is 1. The molecule has 1 fully saturated rings. The molecule has 0 aromatic heterocycles. The topological polar surface area (TPSA) is 87.5 Å². The summed E-state index contributed by atoms with van der Waals surface area (Å²) >= 11 is 11.8. The first-order chi connectivity index (χ1) is 13.2. The van der Waals surface area contributed by atoms with Crippen LogP contribution in [0.15, 0.2) is 41.3 Å². The fourth-order valence-electron chi connectivity index (χ4n) is 2.75. The number of nitrogens with zero attached hydrogens (tertiary/aromatic N) is 2. The number of halogens is 3. The van der Waals surface area contributed by atoms with E-state index in [2.05, 4.69) is 0 Å². The molecule has 1 heterocycles. The lowest BCUT2D eigenvalue weighted by atomic mass is 9.84. The van der Waals surface area contributed by atoms with Crippen LogP contribution in [0.1, 0.15) is 5.56 Å². The number of benzene rings is 2. The van der Waals surface area contributed by atoms with Crippen LogP contribution in [-0.4, -0.2) is 38.7 Å². The van der Waals surface area contributed by atoms with Gasteiger partial charge in [0.2, 0.25) is 10.0 Å². The van der Waals surface area contributed by atoms with Crippen molar-refractivity contribution in [2.45, 2.75) is 4.90 Å². The van der Waals surface area contributed by atoms with Crippen molar-refractivity contribution in [1.82, 2.24) is 4.31 Å². The molecule has 2 aromatic rings. The molecule has 0 spiro atoms. The maximum Gasteiger partial charge on any atom is 0.244 e. The van der Waals surface area contributed by atoms with Crippen molar-refractivity contribution in [3.63, 3.8) is 0 Å². The Morgan fingerprint density at radius 2 is 1.96 bits per heavy atom. The van der Waals surface area contributed by atoms with Crippen LogP contribution >= 0.6 is 23.2 Å². The Morgan fingerprint density at radius 3 is 2.54 bits per heavy atom. The van der Waals surface area contributed by atoms with E-state index in [0.29, 0.717) is 11.3 Å². The van der Waals surface area contributed by atoms with Crippen molar-refractivity contribution >= 4 is 39.5 Å². The van der Waals surface area contributed by atoms with Crippen LogP contribution in [0, 0.1) is 22.6 Å². The number of ether oxygens (including phenoxy) is 1. The second kappa shape index (κ2) is 7.68. The maximum atomic E-state index is 13.6. The molecule has 0 radical (unpaired) electrons. The Bertz CT molecular complexity index is 1080. The molecule has 0 aliphatic carbocycles. The number of rotatable bonds is 6. The molecule has 1 aliphatic heterocycles. The molecule has 2 aromatic carbocycles. The van der Waals surface area contributed by atoms with Gasteiger partial charge < -0.3 is 9.53 Å². The highest BCUT2D eigenvalue weighted by Gasteiger charge is 2.49. The molecule has 146 valence electrons. The van der Waals surface area contributed by atoms with E-state index in [0.717, 1.165) is 10.4 Å². The SMILES string of the molecule is N#Cc1ccc(OCC2(C=O)CN(S(=O)(=O)c3ccc(Cl)cc3Cl)C2)cc1F. The van der Waals surface area contributed by atoms with Gasteiger partial charge in [-0.3, -0.25) is 0 Å². The lowest BCUT2D eigenvalue weighted by molar-refractivity contribution is -0.124. The molecule has 1 aliphatic rings. The fraction of sp³-hybridized carbons (Fsp3) is 0.222. The highest BCUT2D eigenvalue weighted by atomic mass is 35.5. The lowest BCUT2D eigenvalue weighted by Crippen LogP contribution is -2.61. The first kappa shape index (κ1) is 20.6. The largest absolute Gasteiger partial charge is 0.492 e. The van der Waals surface area contributed by atoms with Crippen LogP contribution in [0.25, 0.3) is 0 Å². The van der Waals surface area contributed by atoms with Crippen LogP contribution < -0.4 is 4.74 Å². The van der Waals surface area contributed by atoms with Gasteiger partial charge in [-0.1, -0.05) is 23.2 Å². The molecule has 6 nitrogen and oxygen atoms in total. The van der Waals surface area contributed by atoms with Crippen LogP contribution in [0.5, 0.6) is 5.75 Å². The molecule has 0 saturated carbocycles. The molecule has 3 rings (SSSR count). The Balaban J connectivity index is 1.70. The van der Waals surface area contributed by atoms with E-state index in [1.807, 2.05) is 0 Å². The van der Waals surface area contributed by atoms with Gasteiger partial charge in [-0.25, -0.2) is 12.8 Å². The lowest BCUT2D eigenvalue weighted by Gasteiger charge is -2.45. The van der Waals surface area contributed by atoms with E-state index in [9.17, 15) is 17.6 Å². The van der Waals surface area contributed by atoms with Crippen molar-refractivity contribution < 1.29 is 22.3 Å². The van der Waals surface area contributed by atoms with Crippen LogP contribution in [0.3, 0.4) is 0 Å². The number of hydrogen-bond donors (Lipinski definition) is 0. The molecule has 0 bridgehead atoms. The van der Waals surface area contributed by atoms with Gasteiger partial charge in [0.1, 0.15) is 35.4 Å². The minimum Gasteiger partial charge on any atom is -0.492 e. The predicted molar refractivity (Wildman–Crippen MR) is 100 cm³/mol. The molecular weight excluding hydrogens is 430 g/mol. The second-order valence-corrected chi connectivity index (χ2v) is 9.12. The van der Waals surface area contributed by atoms with Crippen molar-refractivity contribution in [3.8, 4) is 11.8 Å². The summed E-state index contributed by atoms with van der Waals surface area (Å²) in [7, 11) is -3.90. The van der Waals surface area contributed by atoms with Gasteiger partial charge in [-0.15, -0.1) is 0 Å². The molecule has 28 heavy (non-hydrogen) atoms. The van der Waals surface area contributed by atoms with Gasteiger partial charge in [0.15, 0.2) is 0 Å². The standard InChI is InChI=1S/C18H13Cl2FN2O4S/c19-13-2-4-17(15(20)5-13)28(25,26)23-8-18(9-23,10-24)11-27-14-3-1-12(7-22)16(21)6-14/h1-6,10H,8-9,11H2. The summed E-state index contributed by atoms with van der Waals surface area (Å²) in [6, 6.07) is 9.44. The summed E-state index contributed by atoms with van der Waals surface area (Å²) in [5.74, 6) is -0.602. The molecule has 1 saturated heterocycles. The summed E-state index contributed by atoms with van der Waals surface area (Å²) in [6.07, 6.45) is 0.627. The fourth-order valence-corrected chi connectivity index (χ4v) is 5.13. The normalized spacial score (nSPS) is 16.1. The first-order valence-corrected chi connectivity index (χ1v) is 10.1. The summed E-state index contributed by atoms with van der Waals surface area (Å²) in [5, 5.41) is 9.02. The van der Waals surface area contributed by atoms with Gasteiger partial charge in [-0.2, -0.15) is 9.57 Å². The number of hydrogen-bond acceptors (Lipinski definition) is 5. The van der Waals surface area contributed by atoms with Crippen molar-refractivity contribution in [2.24, 2.45) is 5.41 Å². The summed E-state index contributed by atoms with van der Waals surface area (Å²) in [5.41, 5.74) is -1.19. The molecular formula is C18H13Cl2FN2O4S. The first-order valence-electron chi connectivity index (χ1n) is 7.95. The highest BCUT2D eigenvalue weighted by Crippen LogP contribution is 2.36. The second-order valence-electron chi connectivity index (χ2n) is 6.37. The van der Waals surface area contributed by atoms with Crippen LogP contribution in [-0.2, 0) is 14.8 Å². The van der Waals surface area contributed by atoms with Gasteiger partial charge in [-0.05, 0) is 30.3 Å². The monoisotopic (exact) mass is 442 g/mol. The summed E-state index contributed by atoms with van der Waals surface area (Å²) < 4.78 is 45.6. The van der Waals surface area contributed by atoms with E-state index < -0.39 is 21.3 Å². The smallest absolute Gasteiger partial charge is 0.244 e. The minimum atomic E-state index is -3.90. The van der Waals surface area contributed by atoms with Gasteiger partial charge in [0.25, 0.3) is 0 Å². The Labute approximate surface area is 171 Å². The van der Waals surface area contributed by atoms with E-state index in [1.165, 1.54) is 30.3 Å². The Morgan fingerprint density at radius 1 is 1.25 bits per heavy atom. The van der Waals surface area contributed by atoms with Crippen molar-refractivity contribution in [2.75, 3.05) is 19.7 Å². The van der Waals surface area contributed by atoms with Gasteiger partial charge in [0, 0.05) is 24.2 Å². The third-order valence-corrected chi connectivity index (χ3v) is 6.84. The van der Waals surface area contributed by atoms with Crippen LogP contribution in [0.4, 0.5) is 4.39 Å². The molecule has 0 N–H and O–H groups in total. The number of aldehydes is 1. The van der Waals surface area contributed by atoms with E-state index >= 15 is 0 Å². The number of carbonyl (C=O) groups excluding carboxylic acids is 1. The zero-order valence-electron chi connectivity index (χ0n) is 14.2. The summed E-state index contributed by atoms with van der Waals surface area (Å²) in [6.45, 7) is -0.338. The predicted octanol–water partition coefficient (Wildman–Crippen LogP) is 3.27. The van der Waals surface area contributed by atoms with Crippen LogP contribution in [0.2, 0.25) is 10.0 Å². The Kier molecular flexibility index (Phi) is 5.64. The highest BCUT2D eigenvalue weighted by molar-refractivity contribution is 7.89. The zero-order chi connectivity index (χ0) is 20.5. The van der Waals surface area contributed by atoms with Gasteiger partial charge in [0.05, 0.1) is 16.0 Å². The van der Waals surface area contributed by atoms with Crippen molar-refractivity contribution in [3.05, 3.63) is 57.8 Å². The van der Waals surface area contributed by atoms with E-state index in [-0.39, 0.29) is 40.9 Å². The molecule has 0 amide bonds. The molecule has 0 unspecified atom stereocenters. The minimum absolute atomic E-state index is 0.0135. The molecule has 0 atom stereocenters. The van der Waals surface area contributed by atoms with Crippen molar-refractivity contribution in [1.29, 1.82) is 5.26 Å². The third kappa shape index (κ3) is 3.84. The number of nitriles is 1.